The van der Waals surface area contributed by atoms with Crippen molar-refractivity contribution in [2.24, 2.45) is 4.40 Å². The Morgan fingerprint density at radius 2 is 1.58 bits per heavy atom. The maximum Gasteiger partial charge on any atom is 0.285 e. The van der Waals surface area contributed by atoms with E-state index < -0.39 is 27.5 Å². The minimum Gasteiger partial charge on any atom is -0.337 e. The zero-order valence-corrected chi connectivity index (χ0v) is 13.2. The SMILES string of the molecule is CC1=C(c2ccc(F)cc2)S(=O)(=O)N=C1Nc1cc(F)ccc1F. The van der Waals surface area contributed by atoms with E-state index in [-0.39, 0.29) is 27.6 Å². The first-order chi connectivity index (χ1) is 11.3. The molecule has 0 unspecified atom stereocenters. The number of halogens is 3. The van der Waals surface area contributed by atoms with E-state index in [1.54, 1.807) is 0 Å². The van der Waals surface area contributed by atoms with Crippen molar-refractivity contribution in [2.75, 3.05) is 5.32 Å². The first kappa shape index (κ1) is 16.3. The van der Waals surface area contributed by atoms with Crippen LogP contribution in [0.2, 0.25) is 0 Å². The van der Waals surface area contributed by atoms with Crippen LogP contribution in [0.4, 0.5) is 18.9 Å². The summed E-state index contributed by atoms with van der Waals surface area (Å²) in [6.07, 6.45) is 0. The van der Waals surface area contributed by atoms with Gasteiger partial charge in [-0.3, -0.25) is 0 Å². The lowest BCUT2D eigenvalue weighted by Gasteiger charge is -2.08. The molecule has 124 valence electrons. The van der Waals surface area contributed by atoms with Crippen LogP contribution < -0.4 is 5.32 Å². The number of benzene rings is 2. The van der Waals surface area contributed by atoms with Crippen LogP contribution in [-0.4, -0.2) is 14.3 Å². The number of amidine groups is 1. The summed E-state index contributed by atoms with van der Waals surface area (Å²) >= 11 is 0. The van der Waals surface area contributed by atoms with Crippen molar-refractivity contribution in [1.82, 2.24) is 0 Å². The quantitative estimate of drug-likeness (QED) is 0.897. The lowest BCUT2D eigenvalue weighted by Crippen LogP contribution is -2.12. The van der Waals surface area contributed by atoms with Crippen LogP contribution in [0, 0.1) is 17.5 Å². The molecule has 0 aliphatic carbocycles. The highest BCUT2D eigenvalue weighted by atomic mass is 32.2. The number of nitrogens with zero attached hydrogens (tertiary/aromatic N) is 1. The van der Waals surface area contributed by atoms with Crippen molar-refractivity contribution < 1.29 is 21.6 Å². The van der Waals surface area contributed by atoms with E-state index in [1.807, 2.05) is 0 Å². The highest BCUT2D eigenvalue weighted by molar-refractivity contribution is 8.00. The Morgan fingerprint density at radius 3 is 2.25 bits per heavy atom. The van der Waals surface area contributed by atoms with Crippen molar-refractivity contribution in [3.63, 3.8) is 0 Å². The Labute approximate surface area is 136 Å². The number of rotatable bonds is 2. The molecule has 1 heterocycles. The zero-order valence-electron chi connectivity index (χ0n) is 12.3. The van der Waals surface area contributed by atoms with Crippen molar-refractivity contribution >= 4 is 26.5 Å². The Kier molecular flexibility index (Phi) is 3.92. The Hall–Kier alpha value is -2.61. The van der Waals surface area contributed by atoms with Gasteiger partial charge in [0.15, 0.2) is 0 Å². The first-order valence-electron chi connectivity index (χ1n) is 6.82. The second kappa shape index (κ2) is 5.79. The van der Waals surface area contributed by atoms with Crippen molar-refractivity contribution in [3.8, 4) is 0 Å². The van der Waals surface area contributed by atoms with Gasteiger partial charge in [0.25, 0.3) is 10.0 Å². The molecule has 3 rings (SSSR count). The molecular weight excluding hydrogens is 341 g/mol. The minimum absolute atomic E-state index is 0.109. The van der Waals surface area contributed by atoms with E-state index in [0.717, 1.165) is 30.3 Å². The molecule has 0 fully saturated rings. The fourth-order valence-electron chi connectivity index (χ4n) is 2.34. The largest absolute Gasteiger partial charge is 0.337 e. The van der Waals surface area contributed by atoms with Crippen LogP contribution in [-0.2, 0) is 10.0 Å². The average molecular weight is 352 g/mol. The van der Waals surface area contributed by atoms with Gasteiger partial charge in [-0.25, -0.2) is 13.2 Å². The summed E-state index contributed by atoms with van der Waals surface area (Å²) in [5.41, 5.74) is 0.253. The number of sulfonamides is 1. The van der Waals surface area contributed by atoms with E-state index in [9.17, 15) is 21.6 Å². The number of hydrogen-bond acceptors (Lipinski definition) is 3. The molecule has 1 N–H and O–H groups in total. The molecule has 0 spiro atoms. The lowest BCUT2D eigenvalue weighted by atomic mass is 10.1. The standard InChI is InChI=1S/C16H11F3N2O2S/c1-9-15(10-2-4-11(17)5-3-10)24(22,23)21-16(9)20-14-8-12(18)6-7-13(14)19/h2-8H,1H3,(H,20,21). The maximum atomic E-state index is 13.7. The highest BCUT2D eigenvalue weighted by Crippen LogP contribution is 2.33. The fourth-order valence-corrected chi connectivity index (χ4v) is 3.77. The summed E-state index contributed by atoms with van der Waals surface area (Å²) in [5, 5.41) is 2.49. The molecule has 4 nitrogen and oxygen atoms in total. The average Bonchev–Trinajstić information content (AvgIpc) is 2.73. The van der Waals surface area contributed by atoms with Gasteiger partial charge in [0.05, 0.1) is 5.69 Å². The number of hydrogen-bond donors (Lipinski definition) is 1. The van der Waals surface area contributed by atoms with Gasteiger partial charge in [-0.05, 0) is 36.8 Å². The van der Waals surface area contributed by atoms with Crippen LogP contribution in [0.3, 0.4) is 0 Å². The predicted octanol–water partition coefficient (Wildman–Crippen LogP) is 3.69. The summed E-state index contributed by atoms with van der Waals surface area (Å²) in [7, 11) is -4.03. The summed E-state index contributed by atoms with van der Waals surface area (Å²) in [6, 6.07) is 7.64. The van der Waals surface area contributed by atoms with Crippen LogP contribution in [0.25, 0.3) is 4.91 Å². The Morgan fingerprint density at radius 1 is 0.958 bits per heavy atom. The van der Waals surface area contributed by atoms with E-state index >= 15 is 0 Å². The molecule has 0 saturated heterocycles. The molecule has 0 amide bonds. The second-order valence-corrected chi connectivity index (χ2v) is 6.67. The third kappa shape index (κ3) is 2.92. The lowest BCUT2D eigenvalue weighted by molar-refractivity contribution is 0.604. The van der Waals surface area contributed by atoms with Crippen LogP contribution in [0.15, 0.2) is 52.4 Å². The van der Waals surface area contributed by atoms with Gasteiger partial charge in [-0.1, -0.05) is 12.1 Å². The Balaban J connectivity index is 2.04. The third-order valence-corrected chi connectivity index (χ3v) is 4.93. The normalized spacial score (nSPS) is 16.2. The van der Waals surface area contributed by atoms with E-state index in [1.165, 1.54) is 19.1 Å². The van der Waals surface area contributed by atoms with Gasteiger partial charge < -0.3 is 5.32 Å². The molecular formula is C16H11F3N2O2S. The molecule has 2 aromatic rings. The monoisotopic (exact) mass is 352 g/mol. The summed E-state index contributed by atoms with van der Waals surface area (Å²) in [5.74, 6) is -2.05. The van der Waals surface area contributed by atoms with Gasteiger partial charge in [0, 0.05) is 11.6 Å². The highest BCUT2D eigenvalue weighted by Gasteiger charge is 2.31. The van der Waals surface area contributed by atoms with Gasteiger partial charge in [0.2, 0.25) is 0 Å². The van der Waals surface area contributed by atoms with E-state index in [4.69, 9.17) is 0 Å². The van der Waals surface area contributed by atoms with Crippen LogP contribution in [0.5, 0.6) is 0 Å². The molecule has 0 atom stereocenters. The summed E-state index contributed by atoms with van der Waals surface area (Å²) in [4.78, 5) is -0.109. The molecule has 1 aliphatic rings. The van der Waals surface area contributed by atoms with Crippen molar-refractivity contribution in [3.05, 3.63) is 71.1 Å². The third-order valence-electron chi connectivity index (χ3n) is 3.45. The van der Waals surface area contributed by atoms with E-state index in [0.29, 0.717) is 0 Å². The molecule has 24 heavy (non-hydrogen) atoms. The van der Waals surface area contributed by atoms with Gasteiger partial charge in [0.1, 0.15) is 28.2 Å². The summed E-state index contributed by atoms with van der Waals surface area (Å²) in [6.45, 7) is 1.48. The smallest absolute Gasteiger partial charge is 0.285 e. The molecule has 8 heteroatoms. The second-order valence-electron chi connectivity index (χ2n) is 5.13. The first-order valence-corrected chi connectivity index (χ1v) is 8.26. The van der Waals surface area contributed by atoms with Gasteiger partial charge >= 0.3 is 0 Å². The van der Waals surface area contributed by atoms with Crippen LogP contribution in [0.1, 0.15) is 12.5 Å². The summed E-state index contributed by atoms with van der Waals surface area (Å²) < 4.78 is 68.1. The van der Waals surface area contributed by atoms with E-state index in [2.05, 4.69) is 9.71 Å². The Bertz CT molecular complexity index is 981. The predicted molar refractivity (Wildman–Crippen MR) is 85.3 cm³/mol. The minimum atomic E-state index is -4.03. The van der Waals surface area contributed by atoms with Crippen molar-refractivity contribution in [1.29, 1.82) is 0 Å². The fraction of sp³-hybridized carbons (Fsp3) is 0.0625. The zero-order chi connectivity index (χ0) is 17.5. The molecule has 0 aromatic heterocycles. The number of nitrogens with one attached hydrogen (secondary N) is 1. The molecule has 2 aromatic carbocycles. The van der Waals surface area contributed by atoms with Gasteiger partial charge in [-0.15, -0.1) is 4.40 Å². The maximum absolute atomic E-state index is 13.7. The van der Waals surface area contributed by atoms with Crippen molar-refractivity contribution in [2.45, 2.75) is 6.92 Å². The molecule has 0 saturated carbocycles. The topological polar surface area (TPSA) is 58.5 Å². The molecule has 0 bridgehead atoms. The van der Waals surface area contributed by atoms with Crippen LogP contribution >= 0.6 is 0 Å². The van der Waals surface area contributed by atoms with Gasteiger partial charge in [-0.2, -0.15) is 8.42 Å². The molecule has 0 radical (unpaired) electrons. The molecule has 1 aliphatic heterocycles. The number of anilines is 1.